The summed E-state index contributed by atoms with van der Waals surface area (Å²) in [6.45, 7) is 3.75. The highest BCUT2D eigenvalue weighted by molar-refractivity contribution is 5.99. The van der Waals surface area contributed by atoms with Crippen molar-refractivity contribution in [1.29, 1.82) is 5.41 Å². The van der Waals surface area contributed by atoms with Crippen LogP contribution in [-0.2, 0) is 4.79 Å². The number of anilines is 1. The van der Waals surface area contributed by atoms with Gasteiger partial charge in [0.15, 0.2) is 0 Å². The number of rotatable bonds is 3. The molecule has 1 aromatic carbocycles. The lowest BCUT2D eigenvalue weighted by molar-refractivity contribution is -0.120. The van der Waals surface area contributed by atoms with Crippen LogP contribution in [-0.4, -0.2) is 11.6 Å². The van der Waals surface area contributed by atoms with Gasteiger partial charge in [-0.05, 0) is 31.9 Å². The number of carbonyl (C=O) groups excluding carboxylic acids is 1. The maximum atomic E-state index is 11.5. The Bertz CT molecular complexity index is 532. The SMILES string of the molecule is CC(=N)C1=C(Nc2ccccc2C)NC(=O)CC1. The molecule has 0 bridgehead atoms. The third kappa shape index (κ3) is 2.59. The Balaban J connectivity index is 2.32. The van der Waals surface area contributed by atoms with Gasteiger partial charge in [-0.3, -0.25) is 4.79 Å². The zero-order valence-electron chi connectivity index (χ0n) is 10.6. The molecule has 4 nitrogen and oxygen atoms in total. The molecular weight excluding hydrogens is 226 g/mol. The second-order valence-corrected chi connectivity index (χ2v) is 4.47. The summed E-state index contributed by atoms with van der Waals surface area (Å²) in [4.78, 5) is 11.5. The average molecular weight is 243 g/mol. The van der Waals surface area contributed by atoms with E-state index in [9.17, 15) is 4.79 Å². The monoisotopic (exact) mass is 243 g/mol. The first-order chi connectivity index (χ1) is 8.58. The first kappa shape index (κ1) is 12.4. The van der Waals surface area contributed by atoms with Gasteiger partial charge >= 0.3 is 0 Å². The van der Waals surface area contributed by atoms with Crippen molar-refractivity contribution in [2.24, 2.45) is 0 Å². The van der Waals surface area contributed by atoms with Crippen molar-refractivity contribution in [3.05, 3.63) is 41.2 Å². The summed E-state index contributed by atoms with van der Waals surface area (Å²) in [5.74, 6) is 0.643. The van der Waals surface area contributed by atoms with E-state index in [0.29, 0.717) is 24.4 Å². The zero-order valence-corrected chi connectivity index (χ0v) is 10.6. The zero-order chi connectivity index (χ0) is 13.1. The van der Waals surface area contributed by atoms with E-state index < -0.39 is 0 Å². The molecule has 0 saturated heterocycles. The number of amides is 1. The topological polar surface area (TPSA) is 65.0 Å². The molecular formula is C14H17N3O. The van der Waals surface area contributed by atoms with E-state index in [2.05, 4.69) is 10.6 Å². The molecule has 0 aromatic heterocycles. The molecule has 0 spiro atoms. The second kappa shape index (κ2) is 5.04. The van der Waals surface area contributed by atoms with E-state index in [-0.39, 0.29) is 5.91 Å². The smallest absolute Gasteiger partial charge is 0.225 e. The van der Waals surface area contributed by atoms with E-state index in [1.165, 1.54) is 0 Å². The van der Waals surface area contributed by atoms with Crippen LogP contribution in [0.1, 0.15) is 25.3 Å². The second-order valence-electron chi connectivity index (χ2n) is 4.47. The Labute approximate surface area is 107 Å². The molecule has 94 valence electrons. The Morgan fingerprint density at radius 2 is 2.06 bits per heavy atom. The van der Waals surface area contributed by atoms with Gasteiger partial charge in [-0.25, -0.2) is 0 Å². The quantitative estimate of drug-likeness (QED) is 0.714. The fourth-order valence-corrected chi connectivity index (χ4v) is 1.97. The summed E-state index contributed by atoms with van der Waals surface area (Å²) >= 11 is 0. The van der Waals surface area contributed by atoms with Gasteiger partial charge in [0.2, 0.25) is 5.91 Å². The Hall–Kier alpha value is -2.10. The normalized spacial score (nSPS) is 15.3. The Kier molecular flexibility index (Phi) is 3.46. The van der Waals surface area contributed by atoms with Crippen LogP contribution in [0.5, 0.6) is 0 Å². The molecule has 1 aliphatic heterocycles. The molecule has 1 heterocycles. The summed E-state index contributed by atoms with van der Waals surface area (Å²) in [6.07, 6.45) is 1.07. The lowest BCUT2D eigenvalue weighted by Gasteiger charge is -2.22. The molecule has 18 heavy (non-hydrogen) atoms. The minimum absolute atomic E-state index is 0.00363. The summed E-state index contributed by atoms with van der Waals surface area (Å²) < 4.78 is 0. The van der Waals surface area contributed by atoms with E-state index in [0.717, 1.165) is 16.8 Å². The van der Waals surface area contributed by atoms with Crippen molar-refractivity contribution >= 4 is 17.3 Å². The van der Waals surface area contributed by atoms with Gasteiger partial charge in [-0.2, -0.15) is 0 Å². The van der Waals surface area contributed by atoms with Crippen molar-refractivity contribution in [3.8, 4) is 0 Å². The Morgan fingerprint density at radius 3 is 2.72 bits per heavy atom. The highest BCUT2D eigenvalue weighted by Crippen LogP contribution is 2.21. The van der Waals surface area contributed by atoms with E-state index in [1.54, 1.807) is 6.92 Å². The van der Waals surface area contributed by atoms with Gasteiger partial charge in [0.05, 0.1) is 0 Å². The van der Waals surface area contributed by atoms with Crippen molar-refractivity contribution in [1.82, 2.24) is 5.32 Å². The molecule has 2 rings (SSSR count). The first-order valence-electron chi connectivity index (χ1n) is 5.99. The van der Waals surface area contributed by atoms with Crippen molar-refractivity contribution in [2.75, 3.05) is 5.32 Å². The molecule has 1 aliphatic rings. The number of carbonyl (C=O) groups is 1. The molecule has 4 heteroatoms. The number of nitrogens with one attached hydrogen (secondary N) is 3. The first-order valence-corrected chi connectivity index (χ1v) is 5.99. The number of allylic oxidation sites excluding steroid dienone is 1. The van der Waals surface area contributed by atoms with Gasteiger partial charge in [0.25, 0.3) is 0 Å². The molecule has 0 atom stereocenters. The standard InChI is InChI=1S/C14H17N3O/c1-9-5-3-4-6-12(9)16-14-11(10(2)15)7-8-13(18)17-14/h3-6,15-16H,7-8H2,1-2H3,(H,17,18). The number of hydrogen-bond donors (Lipinski definition) is 3. The predicted molar refractivity (Wildman–Crippen MR) is 72.6 cm³/mol. The summed E-state index contributed by atoms with van der Waals surface area (Å²) in [6, 6.07) is 7.87. The molecule has 1 amide bonds. The highest BCUT2D eigenvalue weighted by Gasteiger charge is 2.19. The molecule has 0 radical (unpaired) electrons. The van der Waals surface area contributed by atoms with Crippen LogP contribution < -0.4 is 10.6 Å². The van der Waals surface area contributed by atoms with E-state index in [4.69, 9.17) is 5.41 Å². The Morgan fingerprint density at radius 1 is 1.33 bits per heavy atom. The lowest BCUT2D eigenvalue weighted by atomic mass is 10.0. The molecule has 0 fully saturated rings. The molecule has 3 N–H and O–H groups in total. The molecule has 0 saturated carbocycles. The number of hydrogen-bond acceptors (Lipinski definition) is 3. The number of benzene rings is 1. The summed E-state index contributed by atoms with van der Waals surface area (Å²) in [5, 5.41) is 13.8. The maximum absolute atomic E-state index is 11.5. The van der Waals surface area contributed by atoms with Gasteiger partial charge in [-0.15, -0.1) is 0 Å². The average Bonchev–Trinajstić information content (AvgIpc) is 2.32. The number of aryl methyl sites for hydroxylation is 1. The maximum Gasteiger partial charge on any atom is 0.225 e. The lowest BCUT2D eigenvalue weighted by Crippen LogP contribution is -2.33. The van der Waals surface area contributed by atoms with E-state index >= 15 is 0 Å². The van der Waals surface area contributed by atoms with Crippen LogP contribution in [0.2, 0.25) is 0 Å². The van der Waals surface area contributed by atoms with Gasteiger partial charge in [0, 0.05) is 23.4 Å². The minimum Gasteiger partial charge on any atom is -0.341 e. The summed E-state index contributed by atoms with van der Waals surface area (Å²) in [7, 11) is 0. The van der Waals surface area contributed by atoms with Crippen molar-refractivity contribution < 1.29 is 4.79 Å². The molecule has 0 unspecified atom stereocenters. The van der Waals surface area contributed by atoms with Crippen molar-refractivity contribution in [2.45, 2.75) is 26.7 Å². The van der Waals surface area contributed by atoms with Crippen LogP contribution in [0.25, 0.3) is 0 Å². The minimum atomic E-state index is -0.00363. The van der Waals surface area contributed by atoms with Gasteiger partial charge in [0.1, 0.15) is 5.82 Å². The van der Waals surface area contributed by atoms with E-state index in [1.807, 2.05) is 31.2 Å². The fraction of sp³-hybridized carbons (Fsp3) is 0.286. The van der Waals surface area contributed by atoms with Gasteiger partial charge in [-0.1, -0.05) is 18.2 Å². The van der Waals surface area contributed by atoms with Crippen LogP contribution in [0.15, 0.2) is 35.7 Å². The van der Waals surface area contributed by atoms with Crippen LogP contribution in [0, 0.1) is 12.3 Å². The summed E-state index contributed by atoms with van der Waals surface area (Å²) in [5.41, 5.74) is 3.42. The van der Waals surface area contributed by atoms with Crippen LogP contribution in [0.3, 0.4) is 0 Å². The van der Waals surface area contributed by atoms with Crippen LogP contribution >= 0.6 is 0 Å². The highest BCUT2D eigenvalue weighted by atomic mass is 16.1. The molecule has 1 aromatic rings. The number of para-hydroxylation sites is 1. The predicted octanol–water partition coefficient (Wildman–Crippen LogP) is 2.57. The third-order valence-corrected chi connectivity index (χ3v) is 3.03. The fourth-order valence-electron chi connectivity index (χ4n) is 1.97. The van der Waals surface area contributed by atoms with Crippen LogP contribution in [0.4, 0.5) is 5.69 Å². The third-order valence-electron chi connectivity index (χ3n) is 3.03. The molecule has 0 aliphatic carbocycles. The van der Waals surface area contributed by atoms with Crippen molar-refractivity contribution in [3.63, 3.8) is 0 Å². The van der Waals surface area contributed by atoms with Gasteiger partial charge < -0.3 is 16.0 Å². The largest absolute Gasteiger partial charge is 0.341 e.